The van der Waals surface area contributed by atoms with Gasteiger partial charge in [0, 0.05) is 30.2 Å². The number of ether oxygens (including phenoxy) is 1. The number of carbonyl (C=O) groups excluding carboxylic acids is 2. The molecule has 0 atom stereocenters. The number of anilines is 1. The number of hydrazine groups is 1. The van der Waals surface area contributed by atoms with Crippen LogP contribution < -0.4 is 14.6 Å². The van der Waals surface area contributed by atoms with Gasteiger partial charge in [0.15, 0.2) is 5.75 Å². The smallest absolute Gasteiger partial charge is 0.295 e. The van der Waals surface area contributed by atoms with Crippen molar-refractivity contribution in [1.29, 1.82) is 0 Å². The predicted molar refractivity (Wildman–Crippen MR) is 156 cm³/mol. The molecule has 0 spiro atoms. The molecule has 0 aromatic heterocycles. The van der Waals surface area contributed by atoms with Gasteiger partial charge in [-0.1, -0.05) is 52.8 Å². The van der Waals surface area contributed by atoms with Gasteiger partial charge in [0.1, 0.15) is 0 Å². The first kappa shape index (κ1) is 30.6. The predicted octanol–water partition coefficient (Wildman–Crippen LogP) is 4.40. The molecular weight excluding hydrogens is 591 g/mol. The van der Waals surface area contributed by atoms with E-state index in [-0.39, 0.29) is 39.4 Å². The molecule has 1 fully saturated rings. The molecule has 3 aromatic rings. The molecule has 1 saturated heterocycles. The second-order valence-electron chi connectivity index (χ2n) is 9.02. The highest BCUT2D eigenvalue weighted by Crippen LogP contribution is 2.32. The second kappa shape index (κ2) is 14.0. The normalized spacial score (nSPS) is 13.8. The molecule has 0 radical (unpaired) electrons. The van der Waals surface area contributed by atoms with Gasteiger partial charge in [-0.05, 0) is 61.0 Å². The topological polar surface area (TPSA) is 108 Å². The molecule has 218 valence electrons. The molecule has 0 unspecified atom stereocenters. The Kier molecular flexibility index (Phi) is 10.5. The van der Waals surface area contributed by atoms with Crippen molar-refractivity contribution in [3.8, 4) is 5.75 Å². The summed E-state index contributed by atoms with van der Waals surface area (Å²) >= 11 is 12.2. The molecule has 1 heterocycles. The Hall–Kier alpha value is -3.35. The molecule has 0 bridgehead atoms. The SMILES string of the molecule is CCCN(C(=O)CNC(=O)c1ccc(S(=O)(=O)N(Oc2ccc(Cl)cc2Cl)c2ccccc2)cc1)N1CCOCC1. The Bertz CT molecular complexity index is 1450. The van der Waals surface area contributed by atoms with Gasteiger partial charge in [0.25, 0.3) is 21.8 Å². The van der Waals surface area contributed by atoms with Crippen LogP contribution in [0.15, 0.2) is 77.7 Å². The van der Waals surface area contributed by atoms with Crippen LogP contribution in [-0.2, 0) is 19.6 Å². The molecule has 1 N–H and O–H groups in total. The van der Waals surface area contributed by atoms with E-state index in [0.29, 0.717) is 37.9 Å². The molecule has 41 heavy (non-hydrogen) atoms. The quantitative estimate of drug-likeness (QED) is 0.317. The molecule has 0 saturated carbocycles. The zero-order chi connectivity index (χ0) is 29.4. The number of hydrogen-bond donors (Lipinski definition) is 1. The van der Waals surface area contributed by atoms with E-state index in [4.69, 9.17) is 32.8 Å². The van der Waals surface area contributed by atoms with Crippen molar-refractivity contribution < 1.29 is 27.6 Å². The van der Waals surface area contributed by atoms with Gasteiger partial charge in [-0.2, -0.15) is 8.42 Å². The average Bonchev–Trinajstić information content (AvgIpc) is 2.99. The number of carbonyl (C=O) groups is 2. The maximum atomic E-state index is 13.7. The summed E-state index contributed by atoms with van der Waals surface area (Å²) in [5.74, 6) is -0.666. The number of halogens is 2. The second-order valence-corrected chi connectivity index (χ2v) is 11.6. The molecule has 13 heteroatoms. The summed E-state index contributed by atoms with van der Waals surface area (Å²) in [7, 11) is -4.27. The largest absolute Gasteiger partial charge is 0.379 e. The lowest BCUT2D eigenvalue weighted by molar-refractivity contribution is -0.155. The summed E-state index contributed by atoms with van der Waals surface area (Å²) in [5.41, 5.74) is 0.425. The summed E-state index contributed by atoms with van der Waals surface area (Å²) < 4.78 is 33.4. The molecule has 4 rings (SSSR count). The van der Waals surface area contributed by atoms with Crippen molar-refractivity contribution >= 4 is 50.7 Å². The summed E-state index contributed by atoms with van der Waals surface area (Å²) in [6.45, 7) is 4.58. The Labute approximate surface area is 249 Å². The first-order valence-electron chi connectivity index (χ1n) is 13.0. The number of nitrogens with one attached hydrogen (secondary N) is 1. The Morgan fingerprint density at radius 3 is 2.32 bits per heavy atom. The lowest BCUT2D eigenvalue weighted by atomic mass is 10.2. The number of benzene rings is 3. The van der Waals surface area contributed by atoms with Crippen molar-refractivity contribution in [1.82, 2.24) is 15.3 Å². The van der Waals surface area contributed by atoms with Crippen LogP contribution in [0.2, 0.25) is 10.0 Å². The molecule has 0 aliphatic carbocycles. The van der Waals surface area contributed by atoms with E-state index in [1.807, 2.05) is 11.9 Å². The zero-order valence-electron chi connectivity index (χ0n) is 22.3. The van der Waals surface area contributed by atoms with Crippen molar-refractivity contribution in [2.75, 3.05) is 43.9 Å². The molecule has 3 aromatic carbocycles. The van der Waals surface area contributed by atoms with E-state index >= 15 is 0 Å². The number of morpholine rings is 1. The lowest BCUT2D eigenvalue weighted by Crippen LogP contribution is -2.54. The number of sulfonamides is 1. The van der Waals surface area contributed by atoms with Crippen LogP contribution in [0.3, 0.4) is 0 Å². The molecular formula is C28H30Cl2N4O6S. The molecule has 1 aliphatic heterocycles. The van der Waals surface area contributed by atoms with Crippen LogP contribution in [0.1, 0.15) is 23.7 Å². The zero-order valence-corrected chi connectivity index (χ0v) is 24.7. The highest BCUT2D eigenvalue weighted by Gasteiger charge is 2.29. The first-order chi connectivity index (χ1) is 19.7. The first-order valence-corrected chi connectivity index (χ1v) is 15.1. The lowest BCUT2D eigenvalue weighted by Gasteiger charge is -2.37. The van der Waals surface area contributed by atoms with Gasteiger partial charge in [-0.15, -0.1) is 0 Å². The minimum atomic E-state index is -4.27. The van der Waals surface area contributed by atoms with Crippen molar-refractivity contribution in [3.63, 3.8) is 0 Å². The Morgan fingerprint density at radius 2 is 1.68 bits per heavy atom. The maximum absolute atomic E-state index is 13.7. The standard InChI is InChI=1S/C28H30Cl2N4O6S/c1-2-14-33(32-15-17-39-18-16-32)27(35)20-31-28(36)21-8-11-24(12-9-21)41(37,38)34(23-6-4-3-5-7-23)40-26-13-10-22(29)19-25(26)30/h3-13,19H,2,14-18,20H2,1H3,(H,31,36). The number of amides is 2. The third-order valence-corrected chi connectivity index (χ3v) is 8.25. The fraction of sp³-hybridized carbons (Fsp3) is 0.286. The highest BCUT2D eigenvalue weighted by atomic mass is 35.5. The van der Waals surface area contributed by atoms with Gasteiger partial charge in [-0.3, -0.25) is 14.6 Å². The molecule has 10 nitrogen and oxygen atoms in total. The third-order valence-electron chi connectivity index (χ3n) is 6.13. The van der Waals surface area contributed by atoms with E-state index in [1.165, 1.54) is 42.5 Å². The number of rotatable bonds is 11. The highest BCUT2D eigenvalue weighted by molar-refractivity contribution is 7.92. The fourth-order valence-corrected chi connectivity index (χ4v) is 5.78. The minimum Gasteiger partial charge on any atom is -0.379 e. The van der Waals surface area contributed by atoms with Crippen molar-refractivity contribution in [3.05, 3.63) is 88.4 Å². The van der Waals surface area contributed by atoms with E-state index in [1.54, 1.807) is 35.3 Å². The maximum Gasteiger partial charge on any atom is 0.295 e. The summed E-state index contributed by atoms with van der Waals surface area (Å²) in [6, 6.07) is 18.0. The van der Waals surface area contributed by atoms with Gasteiger partial charge < -0.3 is 14.9 Å². The van der Waals surface area contributed by atoms with E-state index in [9.17, 15) is 18.0 Å². The van der Waals surface area contributed by atoms with E-state index in [0.717, 1.165) is 10.9 Å². The molecule has 2 amide bonds. The Balaban J connectivity index is 1.48. The number of nitrogens with zero attached hydrogens (tertiary/aromatic N) is 3. The van der Waals surface area contributed by atoms with E-state index in [2.05, 4.69) is 5.32 Å². The fourth-order valence-electron chi connectivity index (χ4n) is 4.08. The summed E-state index contributed by atoms with van der Waals surface area (Å²) in [4.78, 5) is 31.3. The third kappa shape index (κ3) is 7.69. The van der Waals surface area contributed by atoms with E-state index < -0.39 is 15.9 Å². The van der Waals surface area contributed by atoms with Crippen LogP contribution in [0.25, 0.3) is 0 Å². The van der Waals surface area contributed by atoms with Gasteiger partial charge in [0.2, 0.25) is 0 Å². The summed E-state index contributed by atoms with van der Waals surface area (Å²) in [6.07, 6.45) is 0.765. The summed E-state index contributed by atoms with van der Waals surface area (Å²) in [5, 5.41) is 6.69. The monoisotopic (exact) mass is 620 g/mol. The number of para-hydroxylation sites is 1. The minimum absolute atomic E-state index is 0.0818. The number of hydrogen-bond acceptors (Lipinski definition) is 7. The van der Waals surface area contributed by atoms with Gasteiger partial charge in [-0.25, -0.2) is 5.01 Å². The van der Waals surface area contributed by atoms with Gasteiger partial charge in [0.05, 0.1) is 35.4 Å². The van der Waals surface area contributed by atoms with Crippen molar-refractivity contribution in [2.24, 2.45) is 0 Å². The van der Waals surface area contributed by atoms with Crippen LogP contribution in [0.5, 0.6) is 5.75 Å². The van der Waals surface area contributed by atoms with Crippen LogP contribution in [0.4, 0.5) is 5.69 Å². The van der Waals surface area contributed by atoms with Crippen LogP contribution in [0, 0.1) is 0 Å². The van der Waals surface area contributed by atoms with Gasteiger partial charge >= 0.3 is 0 Å². The Morgan fingerprint density at radius 1 is 1.00 bits per heavy atom. The van der Waals surface area contributed by atoms with Crippen molar-refractivity contribution in [2.45, 2.75) is 18.2 Å². The molecule has 1 aliphatic rings. The van der Waals surface area contributed by atoms with Crippen LogP contribution >= 0.6 is 23.2 Å². The average molecular weight is 622 g/mol. The van der Waals surface area contributed by atoms with Crippen LogP contribution in [-0.4, -0.2) is 69.6 Å².